The van der Waals surface area contributed by atoms with E-state index in [1.165, 1.54) is 0 Å². The Morgan fingerprint density at radius 1 is 0.359 bits per heavy atom. The number of Topliss-reactive ketones (excluding diaryl/α,β-unsaturated/α-hetero) is 5. The number of guanidine groups is 7. The molecule has 39 N–H and O–H groups in total. The second kappa shape index (κ2) is 59.5. The van der Waals surface area contributed by atoms with Crippen LogP contribution >= 0.6 is 0 Å². The summed E-state index contributed by atoms with van der Waals surface area (Å²) in [6, 6.07) is 1.55. The normalized spacial score (nSPS) is 13.0. The summed E-state index contributed by atoms with van der Waals surface area (Å²) in [6.45, 7) is 1.57. The summed E-state index contributed by atoms with van der Waals surface area (Å²) in [5, 5.41) is 14.4. The summed E-state index contributed by atoms with van der Waals surface area (Å²) in [6.07, 6.45) is 6.69. The van der Waals surface area contributed by atoms with Gasteiger partial charge in [0.05, 0.1) is 18.1 Å². The number of carbonyl (C=O) groups excluding carboxylic acids is 11. The Kier molecular flexibility index (Phi) is 51.9. The monoisotopic (exact) mass is 1710 g/mol. The Labute approximate surface area is 689 Å². The van der Waals surface area contributed by atoms with E-state index in [1.54, 1.807) is 18.3 Å². The summed E-state index contributed by atoms with van der Waals surface area (Å²) >= 11 is -0.252. The third kappa shape index (κ3) is 48.1. The number of nitrogens with zero attached hydrogens (tertiary/aromatic N) is 9. The van der Waals surface area contributed by atoms with Crippen molar-refractivity contribution < 1.29 is 52.7 Å². The molecule has 0 radical (unpaired) electrons. The van der Waals surface area contributed by atoms with Gasteiger partial charge >= 0.3 is 159 Å². The van der Waals surface area contributed by atoms with Crippen LogP contribution in [0.5, 0.6) is 0 Å². The number of amides is 6. The molecule has 0 fully saturated rings. The van der Waals surface area contributed by atoms with E-state index in [4.69, 9.17) is 97.5 Å². The molecule has 42 nitrogen and oxygen atoms in total. The number of unbranched alkanes of at least 4 members (excludes halogenated alkanes) is 5. The maximum absolute atomic E-state index is 14.9. The first-order valence-electron chi connectivity index (χ1n) is 39.8. The Morgan fingerprint density at radius 2 is 0.692 bits per heavy atom. The van der Waals surface area contributed by atoms with Crippen LogP contribution in [0, 0.1) is 29.6 Å². The molecule has 2 rings (SSSR count). The van der Waals surface area contributed by atoms with Gasteiger partial charge in [-0.25, -0.2) is 0 Å². The van der Waals surface area contributed by atoms with E-state index in [0.717, 1.165) is 4.44 Å². The van der Waals surface area contributed by atoms with Crippen LogP contribution in [0.3, 0.4) is 0 Å². The molecule has 2 heterocycles. The van der Waals surface area contributed by atoms with Crippen LogP contribution in [0.15, 0.2) is 59.3 Å². The van der Waals surface area contributed by atoms with Crippen molar-refractivity contribution in [1.82, 2.24) is 36.6 Å². The molecule has 2 aromatic heterocycles. The molecule has 0 aliphatic carbocycles. The number of rotatable bonds is 67. The summed E-state index contributed by atoms with van der Waals surface area (Å²) < 4.78 is 1.57. The number of primary amides is 1. The van der Waals surface area contributed by atoms with E-state index in [2.05, 4.69) is 71.5 Å². The molecular weight excluding hydrogens is 1580 g/mol. The van der Waals surface area contributed by atoms with Crippen LogP contribution in [0.25, 0.3) is 10.1 Å². The van der Waals surface area contributed by atoms with Crippen molar-refractivity contribution in [3.63, 3.8) is 0 Å². The van der Waals surface area contributed by atoms with Crippen LogP contribution in [0.2, 0.25) is 0 Å². The van der Waals surface area contributed by atoms with Gasteiger partial charge in [0.2, 0.25) is 23.6 Å². The molecule has 0 saturated carbocycles. The first-order chi connectivity index (χ1) is 55.7. The van der Waals surface area contributed by atoms with Crippen LogP contribution in [-0.4, -0.2) is 214 Å². The number of aromatic nitrogens is 2. The summed E-state index contributed by atoms with van der Waals surface area (Å²) in [5.74, 6) is -11.7. The van der Waals surface area contributed by atoms with Crippen molar-refractivity contribution in [2.75, 3.05) is 71.2 Å². The first-order valence-corrected chi connectivity index (χ1v) is 41.5. The van der Waals surface area contributed by atoms with Crippen LogP contribution in [-0.2, 0) is 47.9 Å². The number of aliphatic imine (C=N–C) groups is 7. The molecule has 43 heteroatoms. The molecule has 8 atom stereocenters. The van der Waals surface area contributed by atoms with Gasteiger partial charge in [-0.05, 0) is 116 Å². The van der Waals surface area contributed by atoms with Gasteiger partial charge < -0.3 is 113 Å². The van der Waals surface area contributed by atoms with Gasteiger partial charge in [-0.3, -0.25) is 78.1 Å². The minimum atomic E-state index is -1.34. The molecule has 0 aliphatic rings. The zero-order valence-electron chi connectivity index (χ0n) is 67.5. The number of carbonyl (C=O) groups is 11. The number of nitrogens with two attached hydrogens (primary N) is 17. The SMILES string of the molecule is NCCCC[C@@H](CC(=O)[C@@H](CCCN=C(N)N)NC(=O)[C@@H](CCCN=C(N)N)CC(=O)[C@@H](CCCN=C(N)N)NC(=O)[C@@H](CCCN=C(N)N)CC(=O)[C@@H](CCCN=C(N)N)NC(=O)[C@@H](CCCN=C(N)N)CC(=O)CCCCCNC(=O)[C@@H](CCCN=C(N)N)CC(=O)CCCCCNC(=O)c1ccc(-c2ccnc(N)n2)[se]1)C(N)=O. The standard InChI is InChI=1S/C74H131N31O11Se/c75-29-6-5-16-45(61(76)111)42-56(108)52(23-13-36-98-71(85)86)103-64(114)48(19-11-34-96-69(81)82)44-58(110)54(25-15-38-100-73(89)90)104-65(115)49(20-12-35-97-70(83)84)43-57(109)53(24-14-37-99-72(87)88)102-63(113)47(18-10-33-95-68(79)80)41-51(107)22-3-1-7-30-92-62(112)46(17-9-32-94-67(77)78)40-50(106)21-4-2-8-31-93-66(116)60-27-26-59(117-60)55-28-39-101-74(91)105-55/h26-28,39,45-49,52-54H,1-25,29-38,40-44,75H2,(H2,76,111)(H,92,112)(H,93,116)(H,102,113)(H,103,114)(H,104,115)(H4,77,78,94)(H4,79,80,95)(H4,81,82,96)(H4,83,84,97)(H4,85,86,98)(H4,87,88,99)(H4,89,90,100)(H2,91,101,105)/t45-,46-,47-,48-,49-,52+,53+,54+/m0/s1. The van der Waals surface area contributed by atoms with Gasteiger partial charge in [-0.2, -0.15) is 0 Å². The fourth-order valence-corrected chi connectivity index (χ4v) is 14.5. The molecular formula is C74H131N31O11Se. The molecule has 0 saturated heterocycles. The molecule has 2 aromatic rings. The van der Waals surface area contributed by atoms with E-state index in [9.17, 15) is 52.7 Å². The minimum Gasteiger partial charge on any atom is -0.369 e. The van der Waals surface area contributed by atoms with E-state index in [0.29, 0.717) is 87.4 Å². The van der Waals surface area contributed by atoms with Gasteiger partial charge in [0, 0.05) is 108 Å². The molecule has 654 valence electrons. The van der Waals surface area contributed by atoms with Crippen LogP contribution in [0.4, 0.5) is 5.95 Å². The molecule has 6 amide bonds. The fraction of sp³-hybridized carbons (Fsp3) is 0.649. The largest absolute Gasteiger partial charge is 0.369 e. The summed E-state index contributed by atoms with van der Waals surface area (Å²) in [5.41, 5.74) is 96.4. The number of hydrogen-bond donors (Lipinski definition) is 22. The van der Waals surface area contributed by atoms with Crippen molar-refractivity contribution in [2.45, 2.75) is 211 Å². The van der Waals surface area contributed by atoms with Crippen molar-refractivity contribution in [3.05, 3.63) is 28.8 Å². The van der Waals surface area contributed by atoms with Crippen LogP contribution in [0.1, 0.15) is 202 Å². The van der Waals surface area contributed by atoms with Gasteiger partial charge in [-0.15, -0.1) is 0 Å². The summed E-state index contributed by atoms with van der Waals surface area (Å²) in [4.78, 5) is 191. The Hall–Kier alpha value is -11.1. The van der Waals surface area contributed by atoms with Crippen molar-refractivity contribution in [1.29, 1.82) is 0 Å². The maximum atomic E-state index is 14.9. The predicted molar refractivity (Wildman–Crippen MR) is 454 cm³/mol. The Balaban J connectivity index is 2.39. The Bertz CT molecular complexity index is 3650. The smallest absolute Gasteiger partial charge is 0.220 e. The number of anilines is 1. The number of ketones is 5. The zero-order chi connectivity index (χ0) is 87.0. The van der Waals surface area contributed by atoms with Gasteiger partial charge in [-0.1, -0.05) is 12.8 Å². The zero-order valence-corrected chi connectivity index (χ0v) is 69.2. The average Bonchev–Trinajstić information content (AvgIpc) is 1.83. The molecule has 0 unspecified atom stereocenters. The van der Waals surface area contributed by atoms with Crippen molar-refractivity contribution >= 4 is 127 Å². The van der Waals surface area contributed by atoms with Crippen molar-refractivity contribution in [3.8, 4) is 10.1 Å². The number of nitrogen functional groups attached to an aromatic ring is 1. The fourth-order valence-electron chi connectivity index (χ4n) is 12.6. The van der Waals surface area contributed by atoms with E-state index in [-0.39, 0.29) is 253 Å². The summed E-state index contributed by atoms with van der Waals surface area (Å²) in [7, 11) is 0. The predicted octanol–water partition coefficient (Wildman–Crippen LogP) is -3.93. The molecule has 0 spiro atoms. The van der Waals surface area contributed by atoms with Crippen molar-refractivity contribution in [2.24, 2.45) is 156 Å². The van der Waals surface area contributed by atoms with Gasteiger partial charge in [0.25, 0.3) is 0 Å². The quantitative estimate of drug-likeness (QED) is 0.0130. The topological polar surface area (TPSA) is 803 Å². The molecule has 0 aliphatic heterocycles. The maximum Gasteiger partial charge on any atom is 0.220 e. The van der Waals surface area contributed by atoms with Gasteiger partial charge in [0.15, 0.2) is 59.1 Å². The average molecular weight is 1710 g/mol. The Morgan fingerprint density at radius 3 is 1.04 bits per heavy atom. The third-order valence-corrected chi connectivity index (χ3v) is 21.1. The minimum absolute atomic E-state index is 0.00517. The van der Waals surface area contributed by atoms with Gasteiger partial charge in [0.1, 0.15) is 5.78 Å². The second-order valence-corrected chi connectivity index (χ2v) is 30.9. The number of nitrogens with one attached hydrogen (secondary N) is 5. The van der Waals surface area contributed by atoms with Crippen LogP contribution < -0.4 is 124 Å². The third-order valence-electron chi connectivity index (χ3n) is 18.8. The first kappa shape index (κ1) is 102. The molecule has 117 heavy (non-hydrogen) atoms. The molecule has 0 aromatic carbocycles. The second-order valence-electron chi connectivity index (χ2n) is 28.6. The van der Waals surface area contributed by atoms with E-state index >= 15 is 0 Å². The molecule has 0 bridgehead atoms. The van der Waals surface area contributed by atoms with E-state index < -0.39 is 102 Å². The van der Waals surface area contributed by atoms with E-state index in [1.807, 2.05) is 6.07 Å². The number of hydrogen-bond acceptors (Lipinski definition) is 22.